The van der Waals surface area contributed by atoms with Crippen molar-refractivity contribution in [1.82, 2.24) is 15.8 Å². The molecule has 0 aliphatic heterocycles. The number of carbonyl (C=O) groups excluding carboxylic acids is 1. The number of ether oxygens (including phenoxy) is 1. The summed E-state index contributed by atoms with van der Waals surface area (Å²) in [4.78, 5) is 12.0. The van der Waals surface area contributed by atoms with Gasteiger partial charge in [-0.05, 0) is 57.7 Å². The molecule has 2 aromatic rings. The number of aryl methyl sites for hydroxylation is 3. The van der Waals surface area contributed by atoms with Crippen molar-refractivity contribution in [2.75, 3.05) is 13.7 Å². The molecule has 0 spiro atoms. The molecule has 25 heavy (non-hydrogen) atoms. The summed E-state index contributed by atoms with van der Waals surface area (Å²) >= 11 is 0. The predicted molar refractivity (Wildman–Crippen MR) is 97.1 cm³/mol. The average Bonchev–Trinajstić information content (AvgIpc) is 2.88. The summed E-state index contributed by atoms with van der Waals surface area (Å²) in [5.41, 5.74) is 4.16. The molecule has 0 aliphatic carbocycles. The van der Waals surface area contributed by atoms with E-state index >= 15 is 0 Å². The highest BCUT2D eigenvalue weighted by molar-refractivity contribution is 5.74. The Morgan fingerprint density at radius 1 is 1.32 bits per heavy atom. The van der Waals surface area contributed by atoms with Crippen LogP contribution in [0.25, 0.3) is 0 Å². The van der Waals surface area contributed by atoms with Gasteiger partial charge in [-0.2, -0.15) is 0 Å². The number of aromatic nitrogens is 1. The molecule has 1 heterocycles. The zero-order chi connectivity index (χ0) is 18.4. The maximum atomic E-state index is 12.0. The number of carbonyl (C=O) groups is 1. The SMILES string of the molecule is COc1cc(CCNC(=O)N[C@@H](C)Cc2c(C)noc2C)ccc1C. The molecule has 0 fully saturated rings. The quantitative estimate of drug-likeness (QED) is 0.808. The van der Waals surface area contributed by atoms with Crippen molar-refractivity contribution in [2.24, 2.45) is 0 Å². The molecule has 2 N–H and O–H groups in total. The van der Waals surface area contributed by atoms with Crippen molar-refractivity contribution >= 4 is 6.03 Å². The minimum absolute atomic E-state index is 0.00345. The molecule has 0 unspecified atom stereocenters. The van der Waals surface area contributed by atoms with Crippen molar-refractivity contribution in [3.63, 3.8) is 0 Å². The van der Waals surface area contributed by atoms with Gasteiger partial charge in [0.2, 0.25) is 0 Å². The van der Waals surface area contributed by atoms with E-state index in [4.69, 9.17) is 9.26 Å². The van der Waals surface area contributed by atoms with E-state index in [1.54, 1.807) is 7.11 Å². The molecule has 0 saturated heterocycles. The molecule has 1 aromatic carbocycles. The maximum absolute atomic E-state index is 12.0. The van der Waals surface area contributed by atoms with Crippen molar-refractivity contribution in [3.8, 4) is 5.75 Å². The molecule has 6 heteroatoms. The van der Waals surface area contributed by atoms with E-state index in [-0.39, 0.29) is 12.1 Å². The Morgan fingerprint density at radius 3 is 2.72 bits per heavy atom. The summed E-state index contributed by atoms with van der Waals surface area (Å²) in [6, 6.07) is 5.92. The second kappa shape index (κ2) is 8.55. The van der Waals surface area contributed by atoms with Crippen LogP contribution in [0.3, 0.4) is 0 Å². The van der Waals surface area contributed by atoms with E-state index in [2.05, 4.69) is 21.9 Å². The first-order valence-corrected chi connectivity index (χ1v) is 8.50. The van der Waals surface area contributed by atoms with Crippen molar-refractivity contribution in [1.29, 1.82) is 0 Å². The molecule has 0 aliphatic rings. The predicted octanol–water partition coefficient (Wildman–Crippen LogP) is 3.08. The Balaban J connectivity index is 1.77. The first-order valence-electron chi connectivity index (χ1n) is 8.50. The fraction of sp³-hybridized carbons (Fsp3) is 0.474. The van der Waals surface area contributed by atoms with Gasteiger partial charge in [0.05, 0.1) is 12.8 Å². The zero-order valence-corrected chi connectivity index (χ0v) is 15.6. The first-order chi connectivity index (χ1) is 11.9. The number of hydrogen-bond acceptors (Lipinski definition) is 4. The summed E-state index contributed by atoms with van der Waals surface area (Å²) < 4.78 is 10.5. The van der Waals surface area contributed by atoms with Crippen LogP contribution in [0.15, 0.2) is 22.7 Å². The minimum atomic E-state index is -0.168. The molecule has 1 atom stereocenters. The van der Waals surface area contributed by atoms with E-state index in [9.17, 15) is 4.79 Å². The van der Waals surface area contributed by atoms with Gasteiger partial charge in [-0.3, -0.25) is 0 Å². The van der Waals surface area contributed by atoms with Crippen LogP contribution in [0.2, 0.25) is 0 Å². The molecular formula is C19H27N3O3. The Bertz CT molecular complexity index is 705. The van der Waals surface area contributed by atoms with Crippen LogP contribution in [0.1, 0.15) is 35.1 Å². The first kappa shape index (κ1) is 18.8. The van der Waals surface area contributed by atoms with E-state index in [0.717, 1.165) is 40.3 Å². The average molecular weight is 345 g/mol. The number of amides is 2. The molecule has 0 bridgehead atoms. The Morgan fingerprint density at radius 2 is 2.08 bits per heavy atom. The summed E-state index contributed by atoms with van der Waals surface area (Å²) in [7, 11) is 1.66. The van der Waals surface area contributed by atoms with E-state index < -0.39 is 0 Å². The number of hydrogen-bond donors (Lipinski definition) is 2. The van der Waals surface area contributed by atoms with Gasteiger partial charge in [-0.15, -0.1) is 0 Å². The monoisotopic (exact) mass is 345 g/mol. The lowest BCUT2D eigenvalue weighted by Gasteiger charge is -2.15. The van der Waals surface area contributed by atoms with Gasteiger partial charge in [-0.1, -0.05) is 17.3 Å². The molecule has 6 nitrogen and oxygen atoms in total. The molecule has 0 saturated carbocycles. The Labute approximate surface area is 148 Å². The van der Waals surface area contributed by atoms with E-state index in [1.807, 2.05) is 39.8 Å². The summed E-state index contributed by atoms with van der Waals surface area (Å²) in [6.45, 7) is 8.34. The van der Waals surface area contributed by atoms with Crippen LogP contribution < -0.4 is 15.4 Å². The Hall–Kier alpha value is -2.50. The standard InChI is InChI=1S/C19H27N3O3/c1-12-6-7-16(11-18(12)24-5)8-9-20-19(23)21-13(2)10-17-14(3)22-25-15(17)4/h6-7,11,13H,8-10H2,1-5H3,(H2,20,21,23)/t13-/m0/s1. The number of urea groups is 1. The fourth-order valence-electron chi connectivity index (χ4n) is 2.77. The lowest BCUT2D eigenvalue weighted by Crippen LogP contribution is -2.42. The molecular weight excluding hydrogens is 318 g/mol. The van der Waals surface area contributed by atoms with Gasteiger partial charge in [0.15, 0.2) is 0 Å². The van der Waals surface area contributed by atoms with Crippen molar-refractivity contribution < 1.29 is 14.1 Å². The number of benzene rings is 1. The zero-order valence-electron chi connectivity index (χ0n) is 15.6. The summed E-state index contributed by atoms with van der Waals surface area (Å²) in [5.74, 6) is 1.68. The number of nitrogens with zero attached hydrogens (tertiary/aromatic N) is 1. The van der Waals surface area contributed by atoms with Gasteiger partial charge in [0, 0.05) is 18.2 Å². The van der Waals surface area contributed by atoms with E-state index in [1.165, 1.54) is 0 Å². The largest absolute Gasteiger partial charge is 0.496 e. The van der Waals surface area contributed by atoms with Gasteiger partial charge in [0.25, 0.3) is 0 Å². The molecule has 136 valence electrons. The smallest absolute Gasteiger partial charge is 0.315 e. The number of methoxy groups -OCH3 is 1. The van der Waals surface area contributed by atoms with Crippen LogP contribution in [0.5, 0.6) is 5.75 Å². The number of rotatable bonds is 7. The topological polar surface area (TPSA) is 76.4 Å². The van der Waals surface area contributed by atoms with Crippen molar-refractivity contribution in [3.05, 3.63) is 46.3 Å². The highest BCUT2D eigenvalue weighted by Gasteiger charge is 2.14. The maximum Gasteiger partial charge on any atom is 0.315 e. The highest BCUT2D eigenvalue weighted by atomic mass is 16.5. The second-order valence-corrected chi connectivity index (χ2v) is 6.36. The van der Waals surface area contributed by atoms with Crippen LogP contribution in [-0.4, -0.2) is 30.9 Å². The van der Waals surface area contributed by atoms with Gasteiger partial charge < -0.3 is 19.9 Å². The summed E-state index contributed by atoms with van der Waals surface area (Å²) in [6.07, 6.45) is 1.45. The molecule has 2 amide bonds. The summed E-state index contributed by atoms with van der Waals surface area (Å²) in [5, 5.41) is 9.78. The van der Waals surface area contributed by atoms with Gasteiger partial charge >= 0.3 is 6.03 Å². The molecule has 2 rings (SSSR count). The van der Waals surface area contributed by atoms with Gasteiger partial charge in [-0.25, -0.2) is 4.79 Å². The van der Waals surface area contributed by atoms with Crippen LogP contribution >= 0.6 is 0 Å². The fourth-order valence-corrected chi connectivity index (χ4v) is 2.77. The Kier molecular flexibility index (Phi) is 6.44. The van der Waals surface area contributed by atoms with Crippen LogP contribution in [0.4, 0.5) is 4.79 Å². The van der Waals surface area contributed by atoms with Gasteiger partial charge in [0.1, 0.15) is 11.5 Å². The second-order valence-electron chi connectivity index (χ2n) is 6.36. The number of nitrogens with one attached hydrogen (secondary N) is 2. The lowest BCUT2D eigenvalue weighted by molar-refractivity contribution is 0.238. The third kappa shape index (κ3) is 5.24. The normalized spacial score (nSPS) is 11.9. The van der Waals surface area contributed by atoms with Crippen LogP contribution in [0, 0.1) is 20.8 Å². The lowest BCUT2D eigenvalue weighted by atomic mass is 10.1. The van der Waals surface area contributed by atoms with Crippen LogP contribution in [-0.2, 0) is 12.8 Å². The molecule has 1 aromatic heterocycles. The van der Waals surface area contributed by atoms with Crippen molar-refractivity contribution in [2.45, 2.75) is 46.6 Å². The molecule has 0 radical (unpaired) electrons. The third-order valence-electron chi connectivity index (χ3n) is 4.24. The highest BCUT2D eigenvalue weighted by Crippen LogP contribution is 2.19. The third-order valence-corrected chi connectivity index (χ3v) is 4.24. The minimum Gasteiger partial charge on any atom is -0.496 e. The van der Waals surface area contributed by atoms with E-state index in [0.29, 0.717) is 13.0 Å².